The average molecular weight is 284 g/mol. The Morgan fingerprint density at radius 3 is 2.50 bits per heavy atom. The SMILES string of the molecule is CCN(Cc1ccco1)c1ccc(C(F)(F)F)cc1N. The summed E-state index contributed by atoms with van der Waals surface area (Å²) in [6.45, 7) is 2.97. The smallest absolute Gasteiger partial charge is 0.416 e. The van der Waals surface area contributed by atoms with Crippen LogP contribution in [0.3, 0.4) is 0 Å². The Morgan fingerprint density at radius 2 is 2.00 bits per heavy atom. The van der Waals surface area contributed by atoms with Crippen molar-refractivity contribution in [3.8, 4) is 0 Å². The molecule has 0 amide bonds. The summed E-state index contributed by atoms with van der Waals surface area (Å²) in [5.74, 6) is 0.728. The van der Waals surface area contributed by atoms with Gasteiger partial charge < -0.3 is 15.1 Å². The fraction of sp³-hybridized carbons (Fsp3) is 0.286. The molecule has 0 unspecified atom stereocenters. The first kappa shape index (κ1) is 14.3. The third-order valence-corrected chi connectivity index (χ3v) is 3.00. The first-order chi connectivity index (χ1) is 9.41. The molecule has 3 nitrogen and oxygen atoms in total. The lowest BCUT2D eigenvalue weighted by Crippen LogP contribution is -2.23. The summed E-state index contributed by atoms with van der Waals surface area (Å²) in [6, 6.07) is 6.96. The van der Waals surface area contributed by atoms with Crippen molar-refractivity contribution >= 4 is 11.4 Å². The molecule has 1 aromatic heterocycles. The number of rotatable bonds is 4. The van der Waals surface area contributed by atoms with Crippen LogP contribution in [0, 0.1) is 0 Å². The van der Waals surface area contributed by atoms with Crippen molar-refractivity contribution in [3.05, 3.63) is 47.9 Å². The van der Waals surface area contributed by atoms with E-state index in [9.17, 15) is 13.2 Å². The zero-order chi connectivity index (χ0) is 14.8. The minimum atomic E-state index is -4.38. The number of nitrogens with zero attached hydrogens (tertiary/aromatic N) is 1. The number of furan rings is 1. The lowest BCUT2D eigenvalue weighted by molar-refractivity contribution is -0.137. The fourth-order valence-corrected chi connectivity index (χ4v) is 1.98. The Hall–Kier alpha value is -2.11. The second kappa shape index (κ2) is 5.48. The van der Waals surface area contributed by atoms with Gasteiger partial charge in [0, 0.05) is 6.54 Å². The summed E-state index contributed by atoms with van der Waals surface area (Å²) in [4.78, 5) is 1.86. The highest BCUT2D eigenvalue weighted by Crippen LogP contribution is 2.34. The van der Waals surface area contributed by atoms with Gasteiger partial charge in [0.2, 0.25) is 0 Å². The minimum Gasteiger partial charge on any atom is -0.467 e. The van der Waals surface area contributed by atoms with E-state index < -0.39 is 11.7 Å². The Kier molecular flexibility index (Phi) is 3.92. The number of alkyl halides is 3. The zero-order valence-electron chi connectivity index (χ0n) is 10.9. The van der Waals surface area contributed by atoms with Crippen molar-refractivity contribution in [2.24, 2.45) is 0 Å². The van der Waals surface area contributed by atoms with Gasteiger partial charge in [-0.25, -0.2) is 0 Å². The van der Waals surface area contributed by atoms with E-state index in [-0.39, 0.29) is 5.69 Å². The molecule has 0 aliphatic carbocycles. The molecule has 0 saturated heterocycles. The van der Waals surface area contributed by atoms with Crippen LogP contribution in [0.2, 0.25) is 0 Å². The number of hydrogen-bond acceptors (Lipinski definition) is 3. The summed E-state index contributed by atoms with van der Waals surface area (Å²) in [5, 5.41) is 0. The quantitative estimate of drug-likeness (QED) is 0.866. The lowest BCUT2D eigenvalue weighted by Gasteiger charge is -2.24. The highest BCUT2D eigenvalue weighted by Gasteiger charge is 2.31. The van der Waals surface area contributed by atoms with Crippen LogP contribution in [0.1, 0.15) is 18.2 Å². The summed E-state index contributed by atoms with van der Waals surface area (Å²) in [5.41, 5.74) is 5.68. The van der Waals surface area contributed by atoms with Gasteiger partial charge in [-0.3, -0.25) is 0 Å². The summed E-state index contributed by atoms with van der Waals surface area (Å²) >= 11 is 0. The highest BCUT2D eigenvalue weighted by molar-refractivity contribution is 5.68. The van der Waals surface area contributed by atoms with Crippen LogP contribution in [-0.2, 0) is 12.7 Å². The van der Waals surface area contributed by atoms with Crippen molar-refractivity contribution in [2.45, 2.75) is 19.6 Å². The molecule has 0 aliphatic rings. The van der Waals surface area contributed by atoms with Crippen LogP contribution in [0.4, 0.5) is 24.5 Å². The van der Waals surface area contributed by atoms with E-state index >= 15 is 0 Å². The molecule has 0 atom stereocenters. The fourth-order valence-electron chi connectivity index (χ4n) is 1.98. The van der Waals surface area contributed by atoms with E-state index in [2.05, 4.69) is 0 Å². The second-order valence-electron chi connectivity index (χ2n) is 4.36. The van der Waals surface area contributed by atoms with Crippen molar-refractivity contribution in [2.75, 3.05) is 17.2 Å². The van der Waals surface area contributed by atoms with E-state index in [1.165, 1.54) is 6.07 Å². The van der Waals surface area contributed by atoms with Gasteiger partial charge in [0.1, 0.15) is 5.76 Å². The number of hydrogen-bond donors (Lipinski definition) is 1. The first-order valence-electron chi connectivity index (χ1n) is 6.16. The van der Waals surface area contributed by atoms with Crippen molar-refractivity contribution in [3.63, 3.8) is 0 Å². The molecular weight excluding hydrogens is 269 g/mol. The van der Waals surface area contributed by atoms with Crippen LogP contribution in [-0.4, -0.2) is 6.54 Å². The Bertz CT molecular complexity index is 564. The van der Waals surface area contributed by atoms with Crippen molar-refractivity contribution < 1.29 is 17.6 Å². The second-order valence-corrected chi connectivity index (χ2v) is 4.36. The molecular formula is C14H15F3N2O. The van der Waals surface area contributed by atoms with Crippen molar-refractivity contribution in [1.29, 1.82) is 0 Å². The van der Waals surface area contributed by atoms with E-state index in [1.807, 2.05) is 17.9 Å². The highest BCUT2D eigenvalue weighted by atomic mass is 19.4. The predicted octanol–water partition coefficient (Wildman–Crippen LogP) is 3.91. The number of halogens is 3. The van der Waals surface area contributed by atoms with Crippen LogP contribution in [0.15, 0.2) is 41.0 Å². The molecule has 6 heteroatoms. The Labute approximate surface area is 114 Å². The molecule has 0 fully saturated rings. The predicted molar refractivity (Wildman–Crippen MR) is 71.3 cm³/mol. The molecule has 0 saturated carbocycles. The maximum Gasteiger partial charge on any atom is 0.416 e. The molecule has 2 N–H and O–H groups in total. The van der Waals surface area contributed by atoms with Gasteiger partial charge in [-0.1, -0.05) is 0 Å². The van der Waals surface area contributed by atoms with Gasteiger partial charge in [-0.2, -0.15) is 13.2 Å². The van der Waals surface area contributed by atoms with Crippen LogP contribution in [0.25, 0.3) is 0 Å². The van der Waals surface area contributed by atoms with Crippen LogP contribution < -0.4 is 10.6 Å². The Balaban J connectivity index is 2.26. The van der Waals surface area contributed by atoms with Gasteiger partial charge in [0.05, 0.1) is 29.7 Å². The molecule has 2 aromatic rings. The summed E-state index contributed by atoms with van der Waals surface area (Å²) in [7, 11) is 0. The molecule has 2 rings (SSSR count). The summed E-state index contributed by atoms with van der Waals surface area (Å²) < 4.78 is 43.1. The molecule has 108 valence electrons. The standard InChI is InChI=1S/C14H15F3N2O/c1-2-19(9-11-4-3-7-20-11)13-6-5-10(8-12(13)18)14(15,16)17/h3-8H,2,9,18H2,1H3. The maximum atomic E-state index is 12.6. The molecule has 0 bridgehead atoms. The third-order valence-electron chi connectivity index (χ3n) is 3.00. The molecule has 0 radical (unpaired) electrons. The average Bonchev–Trinajstić information content (AvgIpc) is 2.88. The minimum absolute atomic E-state index is 0.105. The molecule has 1 heterocycles. The van der Waals surface area contributed by atoms with Crippen LogP contribution in [0.5, 0.6) is 0 Å². The van der Waals surface area contributed by atoms with Gasteiger partial charge in [0.15, 0.2) is 0 Å². The van der Waals surface area contributed by atoms with Gasteiger partial charge in [-0.05, 0) is 37.3 Å². The molecule has 20 heavy (non-hydrogen) atoms. The van der Waals surface area contributed by atoms with E-state index in [4.69, 9.17) is 10.2 Å². The zero-order valence-corrected chi connectivity index (χ0v) is 10.9. The van der Waals surface area contributed by atoms with Gasteiger partial charge >= 0.3 is 6.18 Å². The normalized spacial score (nSPS) is 11.6. The van der Waals surface area contributed by atoms with E-state index in [1.54, 1.807) is 12.3 Å². The van der Waals surface area contributed by atoms with E-state index in [0.29, 0.717) is 18.8 Å². The van der Waals surface area contributed by atoms with E-state index in [0.717, 1.165) is 17.9 Å². The first-order valence-corrected chi connectivity index (χ1v) is 6.16. The Morgan fingerprint density at radius 1 is 1.25 bits per heavy atom. The molecule has 0 aliphatic heterocycles. The monoisotopic (exact) mass is 284 g/mol. The maximum absolute atomic E-state index is 12.6. The number of nitrogen functional groups attached to an aromatic ring is 1. The van der Waals surface area contributed by atoms with Crippen LogP contribution >= 0.6 is 0 Å². The third kappa shape index (κ3) is 3.07. The summed E-state index contributed by atoms with van der Waals surface area (Å²) in [6.07, 6.45) is -2.83. The molecule has 0 spiro atoms. The lowest BCUT2D eigenvalue weighted by atomic mass is 10.1. The molecule has 1 aromatic carbocycles. The van der Waals surface area contributed by atoms with Gasteiger partial charge in [0.25, 0.3) is 0 Å². The number of benzene rings is 1. The van der Waals surface area contributed by atoms with Crippen molar-refractivity contribution in [1.82, 2.24) is 0 Å². The topological polar surface area (TPSA) is 42.4 Å². The number of nitrogens with two attached hydrogens (primary N) is 1. The van der Waals surface area contributed by atoms with Gasteiger partial charge in [-0.15, -0.1) is 0 Å². The number of anilines is 2. The largest absolute Gasteiger partial charge is 0.467 e.